The lowest BCUT2D eigenvalue weighted by Gasteiger charge is -2.33. The van der Waals surface area contributed by atoms with Crippen molar-refractivity contribution in [2.75, 3.05) is 9.80 Å². The Labute approximate surface area is 322 Å². The summed E-state index contributed by atoms with van der Waals surface area (Å²) in [5.41, 5.74) is 14.5. The molecule has 0 N–H and O–H groups in total. The van der Waals surface area contributed by atoms with Crippen molar-refractivity contribution < 1.29 is 0 Å². The van der Waals surface area contributed by atoms with Crippen LogP contribution in [-0.4, -0.2) is 0 Å². The number of hydrogen-bond donors (Lipinski definition) is 0. The Morgan fingerprint density at radius 3 is 0.796 bits per heavy atom. The summed E-state index contributed by atoms with van der Waals surface area (Å²) < 4.78 is 0. The van der Waals surface area contributed by atoms with E-state index in [0.29, 0.717) is 0 Å². The summed E-state index contributed by atoms with van der Waals surface area (Å²) in [7, 11) is 0. The third-order valence-electron chi connectivity index (χ3n) is 11.1. The molecule has 0 fully saturated rings. The van der Waals surface area contributed by atoms with Gasteiger partial charge in [-0.15, -0.1) is 0 Å². The number of nitrogens with zero attached hydrogens (tertiary/aromatic N) is 2. The van der Waals surface area contributed by atoms with E-state index in [2.05, 4.69) is 212 Å². The molecule has 0 aromatic heterocycles. The van der Waals surface area contributed by atoms with Crippen LogP contribution in [0, 0.1) is 27.7 Å². The van der Waals surface area contributed by atoms with Gasteiger partial charge in [-0.3, -0.25) is 0 Å². The third-order valence-corrected chi connectivity index (χ3v) is 11.1. The summed E-state index contributed by atoms with van der Waals surface area (Å²) in [5, 5.41) is 7.81. The Morgan fingerprint density at radius 2 is 0.556 bits per heavy atom. The van der Waals surface area contributed by atoms with E-state index in [-0.39, 0.29) is 10.8 Å². The predicted molar refractivity (Wildman–Crippen MR) is 236 cm³/mol. The molecule has 8 aromatic carbocycles. The maximum absolute atomic E-state index is 2.47. The minimum absolute atomic E-state index is 0.102. The second kappa shape index (κ2) is 13.1. The second-order valence-corrected chi connectivity index (χ2v) is 17.5. The van der Waals surface area contributed by atoms with E-state index in [1.54, 1.807) is 0 Å². The lowest BCUT2D eigenvalue weighted by atomic mass is 9.77. The van der Waals surface area contributed by atoms with Crippen molar-refractivity contribution in [3.05, 3.63) is 167 Å². The molecule has 0 spiro atoms. The van der Waals surface area contributed by atoms with Gasteiger partial charge in [0.1, 0.15) is 0 Å². The molecule has 2 heteroatoms. The van der Waals surface area contributed by atoms with Crippen molar-refractivity contribution in [1.82, 2.24) is 0 Å². The highest BCUT2D eigenvalue weighted by Gasteiger charge is 2.29. The van der Waals surface area contributed by atoms with Gasteiger partial charge in [0.05, 0.1) is 11.4 Å². The Morgan fingerprint density at radius 1 is 0.315 bits per heavy atom. The van der Waals surface area contributed by atoms with Crippen LogP contribution in [0.1, 0.15) is 74.9 Å². The van der Waals surface area contributed by atoms with E-state index in [9.17, 15) is 0 Å². The predicted octanol–water partition coefficient (Wildman–Crippen LogP) is 15.4. The number of hydrogen-bond acceptors (Lipinski definition) is 2. The van der Waals surface area contributed by atoms with Gasteiger partial charge in [0.25, 0.3) is 0 Å². The molecule has 54 heavy (non-hydrogen) atoms. The van der Waals surface area contributed by atoms with Gasteiger partial charge in [0, 0.05) is 33.5 Å². The fourth-order valence-corrected chi connectivity index (χ4v) is 8.20. The van der Waals surface area contributed by atoms with Crippen LogP contribution >= 0.6 is 0 Å². The summed E-state index contributed by atoms with van der Waals surface area (Å²) in [6.07, 6.45) is 0. The molecule has 0 aliphatic carbocycles. The fraction of sp³-hybridized carbons (Fsp3) is 0.231. The van der Waals surface area contributed by atoms with Crippen molar-refractivity contribution in [2.45, 2.75) is 80.1 Å². The molecule has 270 valence electrons. The van der Waals surface area contributed by atoms with Crippen molar-refractivity contribution >= 4 is 66.4 Å². The molecule has 8 aromatic rings. The quantitative estimate of drug-likeness (QED) is 0.159. The largest absolute Gasteiger partial charge is 0.310 e. The van der Waals surface area contributed by atoms with Gasteiger partial charge in [0.15, 0.2) is 0 Å². The van der Waals surface area contributed by atoms with Crippen LogP contribution in [-0.2, 0) is 10.8 Å². The zero-order chi connectivity index (χ0) is 38.1. The summed E-state index contributed by atoms with van der Waals surface area (Å²) in [5.74, 6) is 0. The highest BCUT2D eigenvalue weighted by Crippen LogP contribution is 2.52. The number of anilines is 6. The van der Waals surface area contributed by atoms with Gasteiger partial charge in [-0.1, -0.05) is 137 Å². The monoisotopic (exact) mass is 704 g/mol. The first-order valence-electron chi connectivity index (χ1n) is 19.4. The Balaban J connectivity index is 1.54. The van der Waals surface area contributed by atoms with Gasteiger partial charge < -0.3 is 9.80 Å². The van der Waals surface area contributed by atoms with E-state index < -0.39 is 0 Å². The SMILES string of the molecule is Cc1ccc(N(c2ccc(C)cc2)c2cc(C(C)(C)C)c3ccc4c(N(c5ccc(C)cc5)c5ccc(C)cc5)cc(C(C)(C)C)c5ccc2c3c45)cc1. The Hall–Kier alpha value is -5.60. The Kier molecular flexibility index (Phi) is 8.57. The van der Waals surface area contributed by atoms with Crippen LogP contribution < -0.4 is 9.80 Å². The average Bonchev–Trinajstić information content (AvgIpc) is 3.13. The third kappa shape index (κ3) is 6.18. The molecule has 0 aliphatic rings. The first-order chi connectivity index (χ1) is 25.7. The molecule has 0 atom stereocenters. The first-order valence-corrected chi connectivity index (χ1v) is 19.4. The van der Waals surface area contributed by atoms with Crippen LogP contribution in [0.25, 0.3) is 32.3 Å². The van der Waals surface area contributed by atoms with E-state index in [4.69, 9.17) is 0 Å². The highest BCUT2D eigenvalue weighted by atomic mass is 15.1. The Bertz CT molecular complexity index is 2340. The standard InChI is InChI=1S/C52H52N2/c1-33-11-19-37(20-12-33)53(38-21-13-34(2)14-22-38)47-31-45(51(5,6)7)41-28-30-44-48(32-46(52(8,9)10)42-27-29-43(47)49(41)50(42)44)54(39-23-15-35(3)16-24-39)40-25-17-36(4)18-26-40/h11-32H,1-10H3. The van der Waals surface area contributed by atoms with Gasteiger partial charge in [-0.25, -0.2) is 0 Å². The fourth-order valence-electron chi connectivity index (χ4n) is 8.20. The summed E-state index contributed by atoms with van der Waals surface area (Å²) in [6, 6.07) is 50.5. The molecule has 0 heterocycles. The number of rotatable bonds is 6. The van der Waals surface area contributed by atoms with E-state index >= 15 is 0 Å². The normalized spacial score (nSPS) is 12.3. The van der Waals surface area contributed by atoms with Gasteiger partial charge >= 0.3 is 0 Å². The van der Waals surface area contributed by atoms with Crippen molar-refractivity contribution in [3.63, 3.8) is 0 Å². The summed E-state index contributed by atoms with van der Waals surface area (Å²) in [6.45, 7) is 22.8. The van der Waals surface area contributed by atoms with Crippen molar-refractivity contribution in [1.29, 1.82) is 0 Å². The molecule has 8 rings (SSSR count). The first kappa shape index (κ1) is 35.4. The molecule has 0 unspecified atom stereocenters. The van der Waals surface area contributed by atoms with Crippen molar-refractivity contribution in [2.24, 2.45) is 0 Å². The molecular weight excluding hydrogens is 653 g/mol. The lowest BCUT2D eigenvalue weighted by molar-refractivity contribution is 0.595. The molecule has 0 amide bonds. The van der Waals surface area contributed by atoms with E-state index in [1.165, 1.54) is 77.1 Å². The molecule has 2 nitrogen and oxygen atoms in total. The average molecular weight is 705 g/mol. The topological polar surface area (TPSA) is 6.48 Å². The molecule has 0 radical (unpaired) electrons. The molecule has 0 saturated heterocycles. The molecular formula is C52H52N2. The van der Waals surface area contributed by atoms with Crippen LogP contribution in [0.15, 0.2) is 133 Å². The molecule has 0 bridgehead atoms. The maximum Gasteiger partial charge on any atom is 0.0543 e. The van der Waals surface area contributed by atoms with Crippen LogP contribution in [0.3, 0.4) is 0 Å². The molecule has 0 aliphatic heterocycles. The maximum atomic E-state index is 2.47. The smallest absolute Gasteiger partial charge is 0.0543 e. The number of benzene rings is 8. The zero-order valence-electron chi connectivity index (χ0n) is 33.6. The minimum Gasteiger partial charge on any atom is -0.310 e. The van der Waals surface area contributed by atoms with Gasteiger partial charge in [-0.05, 0) is 132 Å². The second-order valence-electron chi connectivity index (χ2n) is 17.5. The summed E-state index contributed by atoms with van der Waals surface area (Å²) >= 11 is 0. The van der Waals surface area contributed by atoms with Crippen LogP contribution in [0.5, 0.6) is 0 Å². The zero-order valence-corrected chi connectivity index (χ0v) is 33.6. The van der Waals surface area contributed by atoms with Crippen LogP contribution in [0.2, 0.25) is 0 Å². The summed E-state index contributed by atoms with van der Waals surface area (Å²) in [4.78, 5) is 4.94. The van der Waals surface area contributed by atoms with E-state index in [1.807, 2.05) is 0 Å². The highest BCUT2D eigenvalue weighted by molar-refractivity contribution is 6.29. The van der Waals surface area contributed by atoms with Crippen molar-refractivity contribution in [3.8, 4) is 0 Å². The van der Waals surface area contributed by atoms with Crippen LogP contribution in [0.4, 0.5) is 34.1 Å². The number of aryl methyl sites for hydroxylation is 4. The van der Waals surface area contributed by atoms with E-state index in [0.717, 1.165) is 22.7 Å². The van der Waals surface area contributed by atoms with Gasteiger partial charge in [-0.2, -0.15) is 0 Å². The minimum atomic E-state index is -0.102. The lowest BCUT2D eigenvalue weighted by Crippen LogP contribution is -2.17. The van der Waals surface area contributed by atoms with Gasteiger partial charge in [0.2, 0.25) is 0 Å². The molecule has 0 saturated carbocycles.